The highest BCUT2D eigenvalue weighted by molar-refractivity contribution is 7.99. The van der Waals surface area contributed by atoms with Gasteiger partial charge in [-0.15, -0.1) is 0 Å². The first-order chi connectivity index (χ1) is 16.5. The lowest BCUT2D eigenvalue weighted by atomic mass is 10.2. The zero-order valence-electron chi connectivity index (χ0n) is 18.2. The zero-order chi connectivity index (χ0) is 23.5. The Morgan fingerprint density at radius 3 is 2.60 bits per heavy atom. The van der Waals surface area contributed by atoms with E-state index in [1.54, 1.807) is 36.5 Å². The second-order valence-corrected chi connectivity index (χ2v) is 9.16. The third-order valence-electron chi connectivity index (χ3n) is 5.14. The summed E-state index contributed by atoms with van der Waals surface area (Å²) in [5.41, 5.74) is 1.36. The van der Waals surface area contributed by atoms with Gasteiger partial charge in [-0.2, -0.15) is 5.10 Å². The molecule has 3 N–H and O–H groups in total. The number of carbonyl (C=O) groups excluding carboxylic acids is 1. The van der Waals surface area contributed by atoms with Crippen LogP contribution in [0.1, 0.15) is 34.2 Å². The Hall–Kier alpha value is -3.63. The predicted octanol–water partition coefficient (Wildman–Crippen LogP) is 6.29. The number of benzene rings is 1. The fourth-order valence-electron chi connectivity index (χ4n) is 3.29. The van der Waals surface area contributed by atoms with E-state index >= 15 is 0 Å². The number of hydrogen-bond acceptors (Lipinski definition) is 8. The number of anilines is 4. The fraction of sp³-hybridized carbons (Fsp3) is 0.208. The number of carbonyl (C=O) groups is 1. The highest BCUT2D eigenvalue weighted by atomic mass is 35.5. The highest BCUT2D eigenvalue weighted by Crippen LogP contribution is 2.30. The van der Waals surface area contributed by atoms with Crippen molar-refractivity contribution in [3.63, 3.8) is 0 Å². The van der Waals surface area contributed by atoms with Crippen molar-refractivity contribution < 1.29 is 9.07 Å². The number of aromatic nitrogens is 5. The molecule has 1 aromatic carbocycles. The second kappa shape index (κ2) is 10.7. The maximum atomic E-state index is 12.5. The number of rotatable bonds is 7. The molecule has 4 heterocycles. The first kappa shape index (κ1) is 24.5. The van der Waals surface area contributed by atoms with Crippen LogP contribution in [0.25, 0.3) is 0 Å². The normalized spacial score (nSPS) is 12.5. The van der Waals surface area contributed by atoms with Crippen LogP contribution in [0.3, 0.4) is 0 Å². The molecule has 0 saturated carbocycles. The van der Waals surface area contributed by atoms with Gasteiger partial charge in [-0.1, -0.05) is 31.2 Å². The van der Waals surface area contributed by atoms with Gasteiger partial charge in [-0.05, 0) is 49.4 Å². The van der Waals surface area contributed by atoms with Crippen molar-refractivity contribution in [2.75, 3.05) is 28.6 Å². The number of halogens is 1. The molecule has 1 amide bonds. The van der Waals surface area contributed by atoms with Gasteiger partial charge in [0.2, 0.25) is 0 Å². The lowest BCUT2D eigenvalue weighted by Crippen LogP contribution is -2.37. The molecule has 0 atom stereocenters. The van der Waals surface area contributed by atoms with E-state index in [4.69, 9.17) is 16.6 Å². The van der Waals surface area contributed by atoms with Gasteiger partial charge in [0.1, 0.15) is 17.5 Å². The van der Waals surface area contributed by atoms with Crippen molar-refractivity contribution in [2.45, 2.75) is 30.8 Å². The maximum absolute atomic E-state index is 12.5. The topological polar surface area (TPSA) is 112 Å². The molecule has 0 unspecified atom stereocenters. The SMILES string of the molecule is C.Cc1cc(Nc2cc(N3CCC3)nc(Sc3ccc(NC(=O)c4ccccc4Cl)nc3)n2)n[nH]1.[HH].[HH].[HH]. The number of H-pyrrole nitrogens is 1. The standard InChI is InChI=1S/C23H21ClN8OS.CH4.3H2/c1-14-11-20(31-30-14)26-19-12-21(32-9-4-10-32)29-23(28-19)34-15-7-8-18(25-13-15)27-22(33)16-5-2-3-6-17(16)24;;;;/h2-3,5-8,11-13H,4,9-10H2,1H3,(H,25,27,33)(H2,26,28,29,30,31);1H4;3*1H. The molecule has 9 nitrogen and oxygen atoms in total. The lowest BCUT2D eigenvalue weighted by molar-refractivity contribution is 0.102. The quantitative estimate of drug-likeness (QED) is 0.247. The van der Waals surface area contributed by atoms with Crippen molar-refractivity contribution in [3.05, 3.63) is 71.0 Å². The minimum atomic E-state index is -0.312. The molecule has 5 rings (SSSR count). The van der Waals surface area contributed by atoms with Crippen LogP contribution in [0.4, 0.5) is 23.3 Å². The Morgan fingerprint density at radius 2 is 1.94 bits per heavy atom. The molecule has 186 valence electrons. The smallest absolute Gasteiger partial charge is 0.258 e. The molecule has 4 aromatic rings. The van der Waals surface area contributed by atoms with Crippen LogP contribution in [0, 0.1) is 6.92 Å². The van der Waals surface area contributed by atoms with E-state index in [1.165, 1.54) is 11.8 Å². The van der Waals surface area contributed by atoms with Crippen molar-refractivity contribution in [2.24, 2.45) is 0 Å². The molecule has 1 aliphatic rings. The maximum Gasteiger partial charge on any atom is 0.258 e. The second-order valence-electron chi connectivity index (χ2n) is 7.71. The predicted molar refractivity (Wildman–Crippen MR) is 146 cm³/mol. The van der Waals surface area contributed by atoms with Gasteiger partial charge in [0.05, 0.1) is 10.6 Å². The van der Waals surface area contributed by atoms with E-state index in [-0.39, 0.29) is 17.6 Å². The molecule has 0 spiro atoms. The molecular formula is C24H31ClN8OS. The molecule has 11 heteroatoms. The van der Waals surface area contributed by atoms with Crippen LogP contribution in [0.15, 0.2) is 64.8 Å². The van der Waals surface area contributed by atoms with E-state index < -0.39 is 0 Å². The van der Waals surface area contributed by atoms with E-state index in [2.05, 4.69) is 35.7 Å². The minimum absolute atomic E-state index is 0. The van der Waals surface area contributed by atoms with Gasteiger partial charge < -0.3 is 15.5 Å². The average Bonchev–Trinajstić information content (AvgIpc) is 3.18. The van der Waals surface area contributed by atoms with Crippen molar-refractivity contribution in [3.8, 4) is 0 Å². The molecule has 0 aliphatic carbocycles. The van der Waals surface area contributed by atoms with Gasteiger partial charge >= 0.3 is 0 Å². The summed E-state index contributed by atoms with van der Waals surface area (Å²) in [4.78, 5) is 29.2. The number of aryl methyl sites for hydroxylation is 1. The molecule has 35 heavy (non-hydrogen) atoms. The monoisotopic (exact) mass is 514 g/mol. The third-order valence-corrected chi connectivity index (χ3v) is 6.31. The Kier molecular flexibility index (Phi) is 7.52. The number of hydrogen-bond donors (Lipinski definition) is 3. The number of pyridine rings is 1. The summed E-state index contributed by atoms with van der Waals surface area (Å²) in [5.74, 6) is 2.36. The Labute approximate surface area is 217 Å². The van der Waals surface area contributed by atoms with Crippen LogP contribution in [0.2, 0.25) is 5.02 Å². The van der Waals surface area contributed by atoms with E-state index in [0.717, 1.165) is 35.9 Å². The lowest BCUT2D eigenvalue weighted by Gasteiger charge is -2.32. The molecule has 1 saturated heterocycles. The van der Waals surface area contributed by atoms with Crippen LogP contribution in [0.5, 0.6) is 0 Å². The summed E-state index contributed by atoms with van der Waals surface area (Å²) in [6, 6.07) is 14.3. The van der Waals surface area contributed by atoms with Crippen LogP contribution >= 0.6 is 23.4 Å². The summed E-state index contributed by atoms with van der Waals surface area (Å²) in [5, 5.41) is 14.1. The fourth-order valence-corrected chi connectivity index (χ4v) is 4.25. The molecule has 1 aliphatic heterocycles. The van der Waals surface area contributed by atoms with Gasteiger partial charge in [0.15, 0.2) is 11.0 Å². The van der Waals surface area contributed by atoms with Crippen LogP contribution in [-0.2, 0) is 0 Å². The Balaban J connectivity index is 0.00000180. The summed E-state index contributed by atoms with van der Waals surface area (Å²) >= 11 is 7.50. The van der Waals surface area contributed by atoms with Gasteiger partial charge in [0.25, 0.3) is 5.91 Å². The Bertz CT molecular complexity index is 1340. The zero-order valence-corrected chi connectivity index (χ0v) is 19.8. The van der Waals surface area contributed by atoms with Gasteiger partial charge in [0, 0.05) is 46.3 Å². The molecule has 1 fully saturated rings. The van der Waals surface area contributed by atoms with Gasteiger partial charge in [-0.25, -0.2) is 15.0 Å². The van der Waals surface area contributed by atoms with Crippen molar-refractivity contribution in [1.29, 1.82) is 0 Å². The minimum Gasteiger partial charge on any atom is -0.356 e. The highest BCUT2D eigenvalue weighted by Gasteiger charge is 2.19. The molecule has 0 radical (unpaired) electrons. The number of nitrogens with zero attached hydrogens (tertiary/aromatic N) is 5. The average molecular weight is 515 g/mol. The summed E-state index contributed by atoms with van der Waals surface area (Å²) in [7, 11) is 0. The first-order valence-corrected chi connectivity index (χ1v) is 11.9. The van der Waals surface area contributed by atoms with Crippen molar-refractivity contribution in [1.82, 2.24) is 25.1 Å². The summed E-state index contributed by atoms with van der Waals surface area (Å²) in [6.07, 6.45) is 2.83. The molecule has 0 bridgehead atoms. The van der Waals surface area contributed by atoms with E-state index in [9.17, 15) is 4.79 Å². The molecule has 3 aromatic heterocycles. The summed E-state index contributed by atoms with van der Waals surface area (Å²) in [6.45, 7) is 3.89. The third kappa shape index (κ3) is 5.90. The van der Waals surface area contributed by atoms with E-state index in [0.29, 0.717) is 33.2 Å². The van der Waals surface area contributed by atoms with Gasteiger partial charge in [-0.3, -0.25) is 9.89 Å². The Morgan fingerprint density at radius 1 is 1.11 bits per heavy atom. The largest absolute Gasteiger partial charge is 0.356 e. The van der Waals surface area contributed by atoms with Crippen LogP contribution < -0.4 is 15.5 Å². The number of amides is 1. The summed E-state index contributed by atoms with van der Waals surface area (Å²) < 4.78 is 0. The molecular weight excluding hydrogens is 484 g/mol. The number of aromatic amines is 1. The van der Waals surface area contributed by atoms with E-state index in [1.807, 2.05) is 25.1 Å². The first-order valence-electron chi connectivity index (χ1n) is 10.7. The van der Waals surface area contributed by atoms with Crippen LogP contribution in [-0.4, -0.2) is 44.1 Å². The van der Waals surface area contributed by atoms with Crippen molar-refractivity contribution >= 4 is 52.5 Å². The number of nitrogens with one attached hydrogen (secondary N) is 3.